The quantitative estimate of drug-likeness (QED) is 0.428. The van der Waals surface area contributed by atoms with Crippen LogP contribution < -0.4 is 5.32 Å². The molecule has 0 spiro atoms. The van der Waals surface area contributed by atoms with Gasteiger partial charge in [0, 0.05) is 26.3 Å². The van der Waals surface area contributed by atoms with Crippen LogP contribution in [0.3, 0.4) is 0 Å². The minimum absolute atomic E-state index is 0.0793. The highest BCUT2D eigenvalue weighted by atomic mass is 16.6. The van der Waals surface area contributed by atoms with Gasteiger partial charge in [-0.2, -0.15) is 5.10 Å². The van der Waals surface area contributed by atoms with Crippen molar-refractivity contribution in [1.82, 2.24) is 9.78 Å². The van der Waals surface area contributed by atoms with Crippen molar-refractivity contribution in [1.29, 1.82) is 0 Å². The Bertz CT molecular complexity index is 443. The lowest BCUT2D eigenvalue weighted by Crippen LogP contribution is -2.12. The van der Waals surface area contributed by atoms with Crippen molar-refractivity contribution in [2.24, 2.45) is 0 Å². The summed E-state index contributed by atoms with van der Waals surface area (Å²) in [6.45, 7) is 7.03. The van der Waals surface area contributed by atoms with E-state index in [9.17, 15) is 10.1 Å². The van der Waals surface area contributed by atoms with Gasteiger partial charge in [0.15, 0.2) is 0 Å². The molecule has 0 bridgehead atoms. The van der Waals surface area contributed by atoms with Gasteiger partial charge in [0.05, 0.1) is 4.92 Å². The number of aromatic nitrogens is 2. The zero-order valence-electron chi connectivity index (χ0n) is 12.7. The first kappa shape index (κ1) is 16.4. The Hall–Kier alpha value is -1.63. The molecular formula is C13H24N4O3. The number of nitrogens with one attached hydrogen (secondary N) is 1. The smallest absolute Gasteiger partial charge is 0.333 e. The molecule has 114 valence electrons. The van der Waals surface area contributed by atoms with Crippen molar-refractivity contribution >= 4 is 11.5 Å². The van der Waals surface area contributed by atoms with Gasteiger partial charge in [0.2, 0.25) is 5.82 Å². The zero-order valence-corrected chi connectivity index (χ0v) is 12.7. The van der Waals surface area contributed by atoms with E-state index in [1.54, 1.807) is 18.7 Å². The number of hydrogen-bond donors (Lipinski definition) is 1. The van der Waals surface area contributed by atoms with Crippen LogP contribution in [0, 0.1) is 17.0 Å². The molecule has 7 nitrogen and oxygen atoms in total. The van der Waals surface area contributed by atoms with Crippen LogP contribution in [0.15, 0.2) is 0 Å². The highest BCUT2D eigenvalue weighted by molar-refractivity contribution is 5.59. The second-order valence-corrected chi connectivity index (χ2v) is 5.06. The molecule has 0 aliphatic rings. The maximum Gasteiger partial charge on any atom is 0.333 e. The highest BCUT2D eigenvalue weighted by Gasteiger charge is 2.25. The number of nitro groups is 1. The van der Waals surface area contributed by atoms with Gasteiger partial charge >= 0.3 is 5.69 Å². The molecule has 0 aromatic carbocycles. The molecule has 1 rings (SSSR count). The molecule has 0 fully saturated rings. The molecule has 0 saturated heterocycles. The molecule has 0 atom stereocenters. The van der Waals surface area contributed by atoms with E-state index in [1.807, 2.05) is 13.8 Å². The van der Waals surface area contributed by atoms with Gasteiger partial charge < -0.3 is 10.1 Å². The molecule has 0 radical (unpaired) electrons. The predicted molar refractivity (Wildman–Crippen MR) is 78.2 cm³/mol. The first-order valence-corrected chi connectivity index (χ1v) is 6.95. The number of hydrogen-bond acceptors (Lipinski definition) is 5. The van der Waals surface area contributed by atoms with Crippen LogP contribution in [0.1, 0.15) is 44.8 Å². The van der Waals surface area contributed by atoms with Gasteiger partial charge in [-0.05, 0) is 40.0 Å². The third-order valence-corrected chi connectivity index (χ3v) is 3.04. The summed E-state index contributed by atoms with van der Waals surface area (Å²) in [7, 11) is 1.69. The second-order valence-electron chi connectivity index (χ2n) is 5.06. The SMILES string of the molecule is COCCCCCNc1c([N+](=O)[O-])c(C)nn1C(C)C. The normalized spacial score (nSPS) is 11.1. The van der Waals surface area contributed by atoms with Gasteiger partial charge in [0.25, 0.3) is 0 Å². The number of rotatable bonds is 9. The zero-order chi connectivity index (χ0) is 15.1. The van der Waals surface area contributed by atoms with Crippen LogP contribution in [0.2, 0.25) is 0 Å². The lowest BCUT2D eigenvalue weighted by molar-refractivity contribution is -0.384. The van der Waals surface area contributed by atoms with Crippen LogP contribution in [-0.4, -0.2) is 35.0 Å². The average Bonchev–Trinajstić information content (AvgIpc) is 2.71. The van der Waals surface area contributed by atoms with E-state index < -0.39 is 0 Å². The summed E-state index contributed by atoms with van der Waals surface area (Å²) in [4.78, 5) is 10.8. The molecule has 7 heteroatoms. The number of nitrogens with zero attached hydrogens (tertiary/aromatic N) is 3. The highest BCUT2D eigenvalue weighted by Crippen LogP contribution is 2.30. The lowest BCUT2D eigenvalue weighted by atomic mass is 10.2. The summed E-state index contributed by atoms with van der Waals surface area (Å²) in [5.41, 5.74) is 0.529. The van der Waals surface area contributed by atoms with E-state index in [1.165, 1.54) is 0 Å². The Labute approximate surface area is 119 Å². The van der Waals surface area contributed by atoms with Gasteiger partial charge in [-0.3, -0.25) is 10.1 Å². The Kier molecular flexibility index (Phi) is 6.44. The first-order valence-electron chi connectivity index (χ1n) is 6.95. The maximum atomic E-state index is 11.1. The van der Waals surface area contributed by atoms with Gasteiger partial charge in [0.1, 0.15) is 5.69 Å². The van der Waals surface area contributed by atoms with Crippen molar-refractivity contribution in [3.8, 4) is 0 Å². The molecule has 20 heavy (non-hydrogen) atoms. The van der Waals surface area contributed by atoms with Crippen molar-refractivity contribution < 1.29 is 9.66 Å². The monoisotopic (exact) mass is 284 g/mol. The minimum atomic E-state index is -0.367. The summed E-state index contributed by atoms with van der Waals surface area (Å²) >= 11 is 0. The number of aryl methyl sites for hydroxylation is 1. The van der Waals surface area contributed by atoms with Crippen molar-refractivity contribution in [2.75, 3.05) is 25.6 Å². The summed E-state index contributed by atoms with van der Waals surface area (Å²) in [5.74, 6) is 0.509. The lowest BCUT2D eigenvalue weighted by Gasteiger charge is -2.11. The van der Waals surface area contributed by atoms with E-state index in [-0.39, 0.29) is 16.7 Å². The second kappa shape index (κ2) is 7.84. The molecule has 0 aliphatic carbocycles. The van der Waals surface area contributed by atoms with E-state index in [0.29, 0.717) is 18.1 Å². The van der Waals surface area contributed by atoms with E-state index in [4.69, 9.17) is 4.74 Å². The molecule has 1 aromatic heterocycles. The van der Waals surface area contributed by atoms with Crippen LogP contribution in [-0.2, 0) is 4.74 Å². The van der Waals surface area contributed by atoms with Crippen molar-refractivity contribution in [2.45, 2.75) is 46.1 Å². The average molecular weight is 284 g/mol. The molecule has 0 saturated carbocycles. The van der Waals surface area contributed by atoms with Crippen LogP contribution in [0.25, 0.3) is 0 Å². The fraction of sp³-hybridized carbons (Fsp3) is 0.769. The number of ether oxygens (including phenoxy) is 1. The molecule has 1 heterocycles. The topological polar surface area (TPSA) is 82.2 Å². The summed E-state index contributed by atoms with van der Waals surface area (Å²) in [6.07, 6.45) is 2.98. The standard InChI is InChI=1S/C13H24N4O3/c1-10(2)16-13(12(17(18)19)11(3)15-16)14-8-6-5-7-9-20-4/h10,14H,5-9H2,1-4H3. The largest absolute Gasteiger partial charge is 0.385 e. The number of methoxy groups -OCH3 is 1. The van der Waals surface area contributed by atoms with Crippen LogP contribution in [0.5, 0.6) is 0 Å². The molecule has 1 N–H and O–H groups in total. The molecule has 0 unspecified atom stereocenters. The van der Waals surface area contributed by atoms with E-state index in [0.717, 1.165) is 25.9 Å². The van der Waals surface area contributed by atoms with Crippen molar-refractivity contribution in [3.05, 3.63) is 15.8 Å². The Balaban J connectivity index is 2.69. The van der Waals surface area contributed by atoms with Gasteiger partial charge in [-0.25, -0.2) is 4.68 Å². The minimum Gasteiger partial charge on any atom is -0.385 e. The van der Waals surface area contributed by atoms with Crippen LogP contribution >= 0.6 is 0 Å². The summed E-state index contributed by atoms with van der Waals surface area (Å²) < 4.78 is 6.67. The number of anilines is 1. The first-order chi connectivity index (χ1) is 9.49. The van der Waals surface area contributed by atoms with Gasteiger partial charge in [-0.1, -0.05) is 0 Å². The fourth-order valence-electron chi connectivity index (χ4n) is 2.05. The van der Waals surface area contributed by atoms with E-state index in [2.05, 4.69) is 10.4 Å². The van der Waals surface area contributed by atoms with Crippen molar-refractivity contribution in [3.63, 3.8) is 0 Å². The Morgan fingerprint density at radius 2 is 2.10 bits per heavy atom. The third-order valence-electron chi connectivity index (χ3n) is 3.04. The Morgan fingerprint density at radius 1 is 1.40 bits per heavy atom. The molecule has 1 aromatic rings. The molecule has 0 amide bonds. The summed E-state index contributed by atoms with van der Waals surface area (Å²) in [5, 5.41) is 18.6. The number of unbranched alkanes of at least 4 members (excludes halogenated alkanes) is 2. The van der Waals surface area contributed by atoms with E-state index >= 15 is 0 Å². The van der Waals surface area contributed by atoms with Crippen LogP contribution in [0.4, 0.5) is 11.5 Å². The molecule has 0 aliphatic heterocycles. The maximum absolute atomic E-state index is 11.1. The fourth-order valence-corrected chi connectivity index (χ4v) is 2.05. The molecular weight excluding hydrogens is 260 g/mol. The van der Waals surface area contributed by atoms with Gasteiger partial charge in [-0.15, -0.1) is 0 Å². The Morgan fingerprint density at radius 3 is 2.65 bits per heavy atom. The third kappa shape index (κ3) is 4.19. The predicted octanol–water partition coefficient (Wildman–Crippen LogP) is 2.91. The summed E-state index contributed by atoms with van der Waals surface area (Å²) in [6, 6.07) is 0.0818.